The molecule has 1 unspecified atom stereocenters. The van der Waals surface area contributed by atoms with E-state index < -0.39 is 51.8 Å². The van der Waals surface area contributed by atoms with Crippen LogP contribution in [0, 0.1) is 0 Å². The van der Waals surface area contributed by atoms with Crippen molar-refractivity contribution in [3.05, 3.63) is 24.3 Å². The largest absolute Gasteiger partial charge is 0.472 e. The third kappa shape index (κ3) is 38.7. The molecule has 0 aliphatic heterocycles. The maximum atomic E-state index is 12.6. The van der Waals surface area contributed by atoms with Crippen molar-refractivity contribution in [1.29, 1.82) is 0 Å². The van der Waals surface area contributed by atoms with Crippen molar-refractivity contribution < 1.29 is 47.8 Å². The molecular weight excluding hydrogens is 707 g/mol. The van der Waals surface area contributed by atoms with Gasteiger partial charge >= 0.3 is 19.8 Å². The van der Waals surface area contributed by atoms with Gasteiger partial charge in [0.2, 0.25) is 0 Å². The molecule has 3 atom stereocenters. The Morgan fingerprint density at radius 1 is 0.556 bits per heavy atom. The summed E-state index contributed by atoms with van der Waals surface area (Å²) in [4.78, 5) is 35.0. The molecule has 0 aromatic carbocycles. The third-order valence-electron chi connectivity index (χ3n) is 9.36. The van der Waals surface area contributed by atoms with Gasteiger partial charge in [-0.2, -0.15) is 0 Å². The average Bonchev–Trinajstić information content (AvgIpc) is 3.16. The van der Waals surface area contributed by atoms with E-state index in [0.717, 1.165) is 64.2 Å². The molecule has 0 aliphatic rings. The number of rotatable bonds is 41. The maximum absolute atomic E-state index is 12.6. The second-order valence-corrected chi connectivity index (χ2v) is 16.2. The first-order chi connectivity index (χ1) is 26.2. The number of hydrogen-bond donors (Lipinski definition) is 3. The number of ether oxygens (including phenoxy) is 2. The first-order valence-electron chi connectivity index (χ1n) is 21.8. The van der Waals surface area contributed by atoms with Crippen molar-refractivity contribution in [3.8, 4) is 0 Å². The molecule has 0 aliphatic carbocycles. The van der Waals surface area contributed by atoms with Crippen molar-refractivity contribution in [1.82, 2.24) is 0 Å². The van der Waals surface area contributed by atoms with Gasteiger partial charge in [0, 0.05) is 12.8 Å². The minimum absolute atomic E-state index is 0.171. The number of hydrogen-bond acceptors (Lipinski definition) is 9. The Morgan fingerprint density at radius 2 is 0.981 bits per heavy atom. The average molecular weight is 789 g/mol. The van der Waals surface area contributed by atoms with Gasteiger partial charge in [0.1, 0.15) is 12.7 Å². The van der Waals surface area contributed by atoms with E-state index in [1.165, 1.54) is 96.3 Å². The smallest absolute Gasteiger partial charge is 0.462 e. The second kappa shape index (κ2) is 39.7. The van der Waals surface area contributed by atoms with Gasteiger partial charge in [-0.25, -0.2) is 4.57 Å². The van der Waals surface area contributed by atoms with E-state index in [-0.39, 0.29) is 19.4 Å². The van der Waals surface area contributed by atoms with Gasteiger partial charge in [-0.05, 0) is 38.5 Å². The summed E-state index contributed by atoms with van der Waals surface area (Å²) in [5.41, 5.74) is 0. The Balaban J connectivity index is 4.27. The van der Waals surface area contributed by atoms with E-state index in [0.29, 0.717) is 12.8 Å². The molecule has 0 saturated carbocycles. The normalized spacial score (nSPS) is 14.1. The van der Waals surface area contributed by atoms with E-state index >= 15 is 0 Å². The number of phosphoric acid groups is 1. The number of carbonyl (C=O) groups excluding carboxylic acids is 2. The molecule has 0 aromatic heterocycles. The van der Waals surface area contributed by atoms with Crippen LogP contribution < -0.4 is 0 Å². The van der Waals surface area contributed by atoms with E-state index in [2.05, 4.69) is 42.7 Å². The Kier molecular flexibility index (Phi) is 38.5. The first kappa shape index (κ1) is 52.5. The first-order valence-corrected chi connectivity index (χ1v) is 23.3. The molecule has 54 heavy (non-hydrogen) atoms. The lowest BCUT2D eigenvalue weighted by Gasteiger charge is -2.20. The number of phosphoric ester groups is 1. The highest BCUT2D eigenvalue weighted by molar-refractivity contribution is 7.47. The number of carbonyl (C=O) groups is 2. The highest BCUT2D eigenvalue weighted by Crippen LogP contribution is 2.43. The summed E-state index contributed by atoms with van der Waals surface area (Å²) in [6.45, 7) is 2.34. The summed E-state index contributed by atoms with van der Waals surface area (Å²) in [5, 5.41) is 18.3. The third-order valence-corrected chi connectivity index (χ3v) is 10.3. The molecule has 0 heterocycles. The van der Waals surface area contributed by atoms with Crippen LogP contribution in [0.2, 0.25) is 0 Å². The molecule has 0 radical (unpaired) electrons. The zero-order chi connectivity index (χ0) is 39.8. The van der Waals surface area contributed by atoms with E-state index in [1.54, 1.807) is 0 Å². The highest BCUT2D eigenvalue weighted by Gasteiger charge is 2.27. The number of unbranched alkanes of at least 4 members (excludes halogenated alkanes) is 23. The molecule has 318 valence electrons. The molecule has 0 saturated heterocycles. The van der Waals surface area contributed by atoms with Crippen LogP contribution in [0.5, 0.6) is 0 Å². The van der Waals surface area contributed by atoms with Gasteiger partial charge < -0.3 is 24.6 Å². The van der Waals surface area contributed by atoms with E-state index in [9.17, 15) is 24.2 Å². The summed E-state index contributed by atoms with van der Waals surface area (Å²) in [7, 11) is -4.62. The summed E-state index contributed by atoms with van der Waals surface area (Å²) in [5.74, 6) is -0.933. The Hall–Kier alpha value is -1.55. The van der Waals surface area contributed by atoms with Crippen LogP contribution in [0.1, 0.15) is 200 Å². The van der Waals surface area contributed by atoms with Gasteiger partial charge in [-0.3, -0.25) is 18.6 Å². The SMILES string of the molecule is CCCC/C=C\C/C=C\CCCCCCCC(=O)O[C@H](COC(=O)CCCCCCCCCCCCCCCCCCC)COP(=O)(O)OC[C@@H](O)CO. The predicted octanol–water partition coefficient (Wildman–Crippen LogP) is 11.4. The molecule has 0 bridgehead atoms. The quantitative estimate of drug-likeness (QED) is 0.0236. The van der Waals surface area contributed by atoms with E-state index in [4.69, 9.17) is 19.1 Å². The van der Waals surface area contributed by atoms with Crippen molar-refractivity contribution in [2.75, 3.05) is 26.4 Å². The van der Waals surface area contributed by atoms with Gasteiger partial charge in [-0.15, -0.1) is 0 Å². The molecule has 0 spiro atoms. The predicted molar refractivity (Wildman–Crippen MR) is 219 cm³/mol. The Labute approximate surface area is 329 Å². The molecule has 10 nitrogen and oxygen atoms in total. The molecule has 0 aromatic rings. The van der Waals surface area contributed by atoms with Crippen LogP contribution in [-0.2, 0) is 32.7 Å². The van der Waals surface area contributed by atoms with Gasteiger partial charge in [0.05, 0.1) is 19.8 Å². The Morgan fingerprint density at radius 3 is 1.48 bits per heavy atom. The molecule has 3 N–H and O–H groups in total. The second-order valence-electron chi connectivity index (χ2n) is 14.7. The summed E-state index contributed by atoms with van der Waals surface area (Å²) >= 11 is 0. The summed E-state index contributed by atoms with van der Waals surface area (Å²) in [6.07, 6.45) is 38.5. The minimum Gasteiger partial charge on any atom is -0.462 e. The molecule has 11 heteroatoms. The van der Waals surface area contributed by atoms with Crippen LogP contribution in [-0.4, -0.2) is 65.7 Å². The van der Waals surface area contributed by atoms with Crippen LogP contribution in [0.3, 0.4) is 0 Å². The number of aliphatic hydroxyl groups excluding tert-OH is 2. The van der Waals surface area contributed by atoms with Gasteiger partial charge in [-0.1, -0.05) is 173 Å². The monoisotopic (exact) mass is 789 g/mol. The Bertz CT molecular complexity index is 957. The minimum atomic E-state index is -4.62. The highest BCUT2D eigenvalue weighted by atomic mass is 31.2. The lowest BCUT2D eigenvalue weighted by Crippen LogP contribution is -2.29. The van der Waals surface area contributed by atoms with E-state index in [1.807, 2.05) is 0 Å². The zero-order valence-electron chi connectivity index (χ0n) is 34.4. The number of aliphatic hydroxyl groups is 2. The van der Waals surface area contributed by atoms with Gasteiger partial charge in [0.15, 0.2) is 6.10 Å². The van der Waals surface area contributed by atoms with Crippen molar-refractivity contribution in [2.45, 2.75) is 212 Å². The number of esters is 2. The fourth-order valence-corrected chi connectivity index (χ4v) is 6.74. The van der Waals surface area contributed by atoms with Gasteiger partial charge in [0.25, 0.3) is 0 Å². The lowest BCUT2D eigenvalue weighted by atomic mass is 10.0. The van der Waals surface area contributed by atoms with Crippen LogP contribution >= 0.6 is 7.82 Å². The fraction of sp³-hybridized carbons (Fsp3) is 0.860. The maximum Gasteiger partial charge on any atom is 0.472 e. The fourth-order valence-electron chi connectivity index (χ4n) is 5.95. The van der Waals surface area contributed by atoms with Crippen LogP contribution in [0.15, 0.2) is 24.3 Å². The topological polar surface area (TPSA) is 149 Å². The lowest BCUT2D eigenvalue weighted by molar-refractivity contribution is -0.161. The van der Waals surface area contributed by atoms with Crippen LogP contribution in [0.4, 0.5) is 0 Å². The van der Waals surface area contributed by atoms with Crippen molar-refractivity contribution >= 4 is 19.8 Å². The molecular formula is C43H81O10P. The van der Waals surface area contributed by atoms with Crippen molar-refractivity contribution in [2.24, 2.45) is 0 Å². The van der Waals surface area contributed by atoms with Crippen LogP contribution in [0.25, 0.3) is 0 Å². The summed E-state index contributed by atoms with van der Waals surface area (Å²) in [6, 6.07) is 0. The molecule has 0 fully saturated rings. The van der Waals surface area contributed by atoms with Crippen molar-refractivity contribution in [3.63, 3.8) is 0 Å². The molecule has 0 amide bonds. The number of allylic oxidation sites excluding steroid dienone is 4. The standard InChI is InChI=1S/C43H81O10P/c1-3-5-7-9-11-13-15-17-19-20-21-23-24-26-28-30-32-34-42(46)50-38-41(39-52-54(48,49)51-37-40(45)36-44)53-43(47)35-33-31-29-27-25-22-18-16-14-12-10-8-6-4-2/h10,12,16,18,40-41,44-45H,3-9,11,13-15,17,19-39H2,1-2H3,(H,48,49)/b12-10-,18-16-/t40-,41+/m0/s1. The molecule has 0 rings (SSSR count). The zero-order valence-corrected chi connectivity index (χ0v) is 35.3. The summed E-state index contributed by atoms with van der Waals surface area (Å²) < 4.78 is 32.7.